The average molecular weight is 422 g/mol. The lowest BCUT2D eigenvalue weighted by molar-refractivity contribution is 0.0629. The van der Waals surface area contributed by atoms with E-state index in [9.17, 15) is 4.79 Å². The van der Waals surface area contributed by atoms with Gasteiger partial charge in [-0.1, -0.05) is 29.8 Å². The quantitative estimate of drug-likeness (QED) is 0.602. The molecule has 29 heavy (non-hydrogen) atoms. The second-order valence-corrected chi connectivity index (χ2v) is 8.58. The molecule has 0 spiro atoms. The van der Waals surface area contributed by atoms with Crippen molar-refractivity contribution in [3.05, 3.63) is 81.7 Å². The van der Waals surface area contributed by atoms with Crippen LogP contribution in [0.3, 0.4) is 0 Å². The Hall–Kier alpha value is -2.65. The minimum absolute atomic E-state index is 0.0336. The van der Waals surface area contributed by atoms with Crippen LogP contribution in [0.15, 0.2) is 60.7 Å². The van der Waals surface area contributed by atoms with Crippen LogP contribution >= 0.6 is 22.9 Å². The fourth-order valence-electron chi connectivity index (χ4n) is 3.47. The highest BCUT2D eigenvalue weighted by Gasteiger charge is 2.22. The molecule has 4 nitrogen and oxygen atoms in total. The molecule has 0 aliphatic carbocycles. The first kappa shape index (κ1) is 19.7. The number of carbonyl (C=O) groups excluding carboxylic acids is 1. The number of rotatable bonds is 4. The Bertz CT molecular complexity index is 1050. The van der Waals surface area contributed by atoms with Gasteiger partial charge in [0.15, 0.2) is 0 Å². The maximum Gasteiger partial charge on any atom is 0.253 e. The van der Waals surface area contributed by atoms with Crippen molar-refractivity contribution in [2.24, 2.45) is 0 Å². The first-order valence-electron chi connectivity index (χ1n) is 9.49. The first-order valence-corrected chi connectivity index (χ1v) is 10.7. The molecular weight excluding hydrogens is 402 g/mol. The second-order valence-electron chi connectivity index (χ2n) is 7.00. The van der Waals surface area contributed by atoms with Crippen LogP contribution in [0.1, 0.15) is 20.8 Å². The molecule has 1 aliphatic rings. The van der Waals surface area contributed by atoms with E-state index in [2.05, 4.69) is 23.1 Å². The van der Waals surface area contributed by atoms with Gasteiger partial charge in [0, 0.05) is 58.6 Å². The van der Waals surface area contributed by atoms with Crippen LogP contribution in [0.25, 0.3) is 10.4 Å². The van der Waals surface area contributed by atoms with E-state index in [0.29, 0.717) is 24.2 Å². The molecule has 1 fully saturated rings. The summed E-state index contributed by atoms with van der Waals surface area (Å²) in [4.78, 5) is 19.4. The van der Waals surface area contributed by atoms with Crippen LogP contribution in [0.4, 0.5) is 0 Å². The minimum atomic E-state index is 0.0336. The summed E-state index contributed by atoms with van der Waals surface area (Å²) in [5.41, 5.74) is 2.28. The molecule has 0 N–H and O–H groups in total. The summed E-state index contributed by atoms with van der Waals surface area (Å²) >= 11 is 8.08. The normalized spacial score (nSPS) is 14.6. The highest BCUT2D eigenvalue weighted by molar-refractivity contribution is 7.15. The van der Waals surface area contributed by atoms with Gasteiger partial charge < -0.3 is 4.90 Å². The van der Waals surface area contributed by atoms with Gasteiger partial charge in [0.05, 0.1) is 11.6 Å². The summed E-state index contributed by atoms with van der Waals surface area (Å²) in [6.45, 7) is 4.00. The van der Waals surface area contributed by atoms with Crippen molar-refractivity contribution in [2.75, 3.05) is 26.2 Å². The Labute approximate surface area is 179 Å². The van der Waals surface area contributed by atoms with Crippen LogP contribution in [0.5, 0.6) is 0 Å². The third kappa shape index (κ3) is 4.51. The van der Waals surface area contributed by atoms with E-state index >= 15 is 0 Å². The number of halogens is 1. The van der Waals surface area contributed by atoms with Crippen LogP contribution in [0, 0.1) is 11.3 Å². The summed E-state index contributed by atoms with van der Waals surface area (Å²) in [6.07, 6.45) is 0. The Morgan fingerprint density at radius 3 is 2.41 bits per heavy atom. The van der Waals surface area contributed by atoms with E-state index in [4.69, 9.17) is 16.9 Å². The monoisotopic (exact) mass is 421 g/mol. The fourth-order valence-corrected chi connectivity index (χ4v) is 4.85. The molecule has 4 rings (SSSR count). The molecule has 1 aromatic heterocycles. The standard InChI is InChI=1S/C23H20ClN3OS/c24-21-4-2-1-3-20(21)22-10-9-19(29-22)16-26-11-13-27(14-12-26)23(28)18-7-5-17(15-25)6-8-18/h1-10H,11-14,16H2. The van der Waals surface area contributed by atoms with Crippen molar-refractivity contribution in [1.29, 1.82) is 5.26 Å². The molecule has 0 atom stereocenters. The highest BCUT2D eigenvalue weighted by atomic mass is 35.5. The molecule has 1 saturated heterocycles. The molecule has 146 valence electrons. The largest absolute Gasteiger partial charge is 0.336 e. The Kier molecular flexibility index (Phi) is 5.96. The molecule has 2 aromatic carbocycles. The zero-order valence-corrected chi connectivity index (χ0v) is 17.4. The number of carbonyl (C=O) groups is 1. The first-order chi connectivity index (χ1) is 14.1. The van der Waals surface area contributed by atoms with Crippen LogP contribution in [-0.2, 0) is 6.54 Å². The zero-order valence-electron chi connectivity index (χ0n) is 15.8. The molecule has 3 aromatic rings. The summed E-state index contributed by atoms with van der Waals surface area (Å²) in [6, 6.07) is 21.1. The van der Waals surface area contributed by atoms with Crippen molar-refractivity contribution in [1.82, 2.24) is 9.80 Å². The predicted molar refractivity (Wildman–Crippen MR) is 117 cm³/mol. The fraction of sp³-hybridized carbons (Fsp3) is 0.217. The van der Waals surface area contributed by atoms with E-state index in [-0.39, 0.29) is 5.91 Å². The third-order valence-corrected chi connectivity index (χ3v) is 6.53. The summed E-state index contributed by atoms with van der Waals surface area (Å²) in [5, 5.41) is 9.66. The van der Waals surface area contributed by atoms with Gasteiger partial charge in [0.25, 0.3) is 5.91 Å². The molecular formula is C23H20ClN3OS. The van der Waals surface area contributed by atoms with Gasteiger partial charge in [-0.25, -0.2) is 0 Å². The van der Waals surface area contributed by atoms with Gasteiger partial charge in [-0.2, -0.15) is 5.26 Å². The highest BCUT2D eigenvalue weighted by Crippen LogP contribution is 2.33. The van der Waals surface area contributed by atoms with E-state index in [0.717, 1.165) is 30.2 Å². The van der Waals surface area contributed by atoms with Gasteiger partial charge in [0.2, 0.25) is 0 Å². The van der Waals surface area contributed by atoms with Crippen LogP contribution in [0.2, 0.25) is 5.02 Å². The molecule has 0 radical (unpaired) electrons. The lowest BCUT2D eigenvalue weighted by Gasteiger charge is -2.34. The van der Waals surface area contributed by atoms with E-state index in [1.165, 1.54) is 9.75 Å². The maximum absolute atomic E-state index is 12.7. The number of amides is 1. The summed E-state index contributed by atoms with van der Waals surface area (Å²) in [7, 11) is 0. The van der Waals surface area contributed by atoms with Crippen LogP contribution in [-0.4, -0.2) is 41.9 Å². The number of thiophene rings is 1. The van der Waals surface area contributed by atoms with Crippen molar-refractivity contribution in [3.8, 4) is 16.5 Å². The average Bonchev–Trinajstić information content (AvgIpc) is 3.22. The van der Waals surface area contributed by atoms with Crippen molar-refractivity contribution in [2.45, 2.75) is 6.54 Å². The smallest absolute Gasteiger partial charge is 0.253 e. The lowest BCUT2D eigenvalue weighted by Crippen LogP contribution is -2.48. The maximum atomic E-state index is 12.7. The molecule has 1 amide bonds. The number of piperazine rings is 1. The predicted octanol–water partition coefficient (Wildman–Crippen LogP) is 4.90. The lowest BCUT2D eigenvalue weighted by atomic mass is 10.1. The second kappa shape index (κ2) is 8.79. The molecule has 0 saturated carbocycles. The zero-order chi connectivity index (χ0) is 20.2. The molecule has 0 bridgehead atoms. The molecule has 1 aliphatic heterocycles. The number of hydrogen-bond acceptors (Lipinski definition) is 4. The van der Waals surface area contributed by atoms with Crippen LogP contribution < -0.4 is 0 Å². The number of nitriles is 1. The van der Waals surface area contributed by atoms with E-state index in [1.54, 1.807) is 35.6 Å². The summed E-state index contributed by atoms with van der Waals surface area (Å²) in [5.74, 6) is 0.0336. The summed E-state index contributed by atoms with van der Waals surface area (Å²) < 4.78 is 0. The number of benzene rings is 2. The molecule has 0 unspecified atom stereocenters. The Morgan fingerprint density at radius 1 is 1.00 bits per heavy atom. The molecule has 6 heteroatoms. The molecule has 2 heterocycles. The number of hydrogen-bond donors (Lipinski definition) is 0. The number of nitrogens with zero attached hydrogens (tertiary/aromatic N) is 3. The van der Waals surface area contributed by atoms with E-state index < -0.39 is 0 Å². The Balaban J connectivity index is 1.34. The van der Waals surface area contributed by atoms with Crippen molar-refractivity contribution < 1.29 is 4.79 Å². The van der Waals surface area contributed by atoms with E-state index in [1.807, 2.05) is 29.2 Å². The topological polar surface area (TPSA) is 47.3 Å². The van der Waals surface area contributed by atoms with Gasteiger partial charge >= 0.3 is 0 Å². The third-order valence-electron chi connectivity index (χ3n) is 5.10. The van der Waals surface area contributed by atoms with Gasteiger partial charge in [-0.3, -0.25) is 9.69 Å². The Morgan fingerprint density at radius 2 is 1.72 bits per heavy atom. The van der Waals surface area contributed by atoms with Gasteiger partial charge in [0.1, 0.15) is 0 Å². The van der Waals surface area contributed by atoms with Crippen molar-refractivity contribution in [3.63, 3.8) is 0 Å². The minimum Gasteiger partial charge on any atom is -0.336 e. The van der Waals surface area contributed by atoms with Gasteiger partial charge in [-0.15, -0.1) is 11.3 Å². The van der Waals surface area contributed by atoms with Crippen molar-refractivity contribution >= 4 is 28.8 Å². The van der Waals surface area contributed by atoms with Gasteiger partial charge in [-0.05, 0) is 42.5 Å². The SMILES string of the molecule is N#Cc1ccc(C(=O)N2CCN(Cc3ccc(-c4ccccc4Cl)s3)CC2)cc1.